The van der Waals surface area contributed by atoms with Crippen LogP contribution in [0, 0.1) is 17.1 Å². The fraction of sp³-hybridized carbons (Fsp3) is 0.235. The molecule has 0 spiro atoms. The van der Waals surface area contributed by atoms with Crippen molar-refractivity contribution >= 4 is 0 Å². The van der Waals surface area contributed by atoms with Gasteiger partial charge in [-0.05, 0) is 42.4 Å². The molecule has 0 saturated carbocycles. The molecule has 0 aliphatic carbocycles. The number of hydrogen-bond acceptors (Lipinski definition) is 3. The highest BCUT2D eigenvalue weighted by Crippen LogP contribution is 2.16. The zero-order valence-electron chi connectivity index (χ0n) is 11.8. The van der Waals surface area contributed by atoms with Gasteiger partial charge in [-0.3, -0.25) is 4.90 Å². The Morgan fingerprint density at radius 2 is 1.76 bits per heavy atom. The van der Waals surface area contributed by atoms with E-state index in [1.54, 1.807) is 36.4 Å². The number of likely N-dealkylation sites (N-methyl/N-ethyl adjacent to an activating group) is 1. The molecule has 3 nitrogen and oxygen atoms in total. The van der Waals surface area contributed by atoms with Crippen molar-refractivity contribution in [2.24, 2.45) is 0 Å². The Morgan fingerprint density at radius 3 is 2.33 bits per heavy atom. The SMILES string of the molecule is CN(Cc1ccc(F)cc1)CC(O)c1ccc(C#N)cc1. The molecule has 1 atom stereocenters. The first-order chi connectivity index (χ1) is 10.1. The molecule has 0 fully saturated rings. The van der Waals surface area contributed by atoms with Crippen LogP contribution in [0.2, 0.25) is 0 Å². The van der Waals surface area contributed by atoms with Crippen LogP contribution in [0.3, 0.4) is 0 Å². The van der Waals surface area contributed by atoms with Gasteiger partial charge in [0.05, 0.1) is 17.7 Å². The third-order valence-electron chi connectivity index (χ3n) is 3.27. The van der Waals surface area contributed by atoms with Gasteiger partial charge in [-0.2, -0.15) is 5.26 Å². The molecular weight excluding hydrogens is 267 g/mol. The molecule has 1 unspecified atom stereocenters. The molecule has 2 aromatic carbocycles. The Bertz CT molecular complexity index is 617. The number of halogens is 1. The average molecular weight is 284 g/mol. The molecule has 2 rings (SSSR count). The summed E-state index contributed by atoms with van der Waals surface area (Å²) in [6.45, 7) is 1.09. The van der Waals surface area contributed by atoms with Crippen LogP contribution in [0.4, 0.5) is 4.39 Å². The molecule has 0 aliphatic rings. The summed E-state index contributed by atoms with van der Waals surface area (Å²) in [6, 6.07) is 15.3. The maximum absolute atomic E-state index is 12.8. The average Bonchev–Trinajstić information content (AvgIpc) is 2.49. The van der Waals surface area contributed by atoms with Gasteiger partial charge in [0.2, 0.25) is 0 Å². The lowest BCUT2D eigenvalue weighted by Gasteiger charge is -2.21. The van der Waals surface area contributed by atoms with Gasteiger partial charge in [0.15, 0.2) is 0 Å². The zero-order valence-corrected chi connectivity index (χ0v) is 11.8. The summed E-state index contributed by atoms with van der Waals surface area (Å²) in [4.78, 5) is 1.97. The van der Waals surface area contributed by atoms with Crippen LogP contribution in [0.5, 0.6) is 0 Å². The monoisotopic (exact) mass is 284 g/mol. The molecule has 0 bridgehead atoms. The molecule has 1 N–H and O–H groups in total. The summed E-state index contributed by atoms with van der Waals surface area (Å²) in [5.74, 6) is -0.251. The second-order valence-corrected chi connectivity index (χ2v) is 5.07. The Kier molecular flexibility index (Phi) is 5.04. The van der Waals surface area contributed by atoms with E-state index in [0.717, 1.165) is 11.1 Å². The van der Waals surface area contributed by atoms with Crippen LogP contribution in [0.25, 0.3) is 0 Å². The van der Waals surface area contributed by atoms with Gasteiger partial charge in [-0.1, -0.05) is 24.3 Å². The van der Waals surface area contributed by atoms with Crippen LogP contribution in [0.1, 0.15) is 22.8 Å². The van der Waals surface area contributed by atoms with Crippen LogP contribution in [-0.2, 0) is 6.54 Å². The summed E-state index contributed by atoms with van der Waals surface area (Å²) < 4.78 is 12.8. The second-order valence-electron chi connectivity index (χ2n) is 5.07. The lowest BCUT2D eigenvalue weighted by molar-refractivity contribution is 0.124. The van der Waals surface area contributed by atoms with E-state index in [1.165, 1.54) is 12.1 Å². The van der Waals surface area contributed by atoms with E-state index in [-0.39, 0.29) is 5.82 Å². The largest absolute Gasteiger partial charge is 0.387 e. The number of aliphatic hydroxyl groups is 1. The van der Waals surface area contributed by atoms with Crippen LogP contribution in [0.15, 0.2) is 48.5 Å². The lowest BCUT2D eigenvalue weighted by atomic mass is 10.1. The van der Waals surface area contributed by atoms with Gasteiger partial charge in [0, 0.05) is 13.1 Å². The van der Waals surface area contributed by atoms with E-state index in [9.17, 15) is 9.50 Å². The van der Waals surface area contributed by atoms with Gasteiger partial charge < -0.3 is 5.11 Å². The highest BCUT2D eigenvalue weighted by atomic mass is 19.1. The summed E-state index contributed by atoms with van der Waals surface area (Å²) in [5, 5.41) is 18.9. The predicted molar refractivity (Wildman–Crippen MR) is 78.9 cm³/mol. The third kappa shape index (κ3) is 4.38. The maximum atomic E-state index is 12.8. The molecule has 0 amide bonds. The summed E-state index contributed by atoms with van der Waals surface area (Å²) >= 11 is 0. The second kappa shape index (κ2) is 6.98. The normalized spacial score (nSPS) is 12.1. The van der Waals surface area contributed by atoms with Crippen molar-refractivity contribution in [2.45, 2.75) is 12.6 Å². The summed E-state index contributed by atoms with van der Waals surface area (Å²) in [6.07, 6.45) is -0.622. The minimum absolute atomic E-state index is 0.251. The van der Waals surface area contributed by atoms with Crippen molar-refractivity contribution in [1.82, 2.24) is 4.90 Å². The molecule has 0 heterocycles. The van der Waals surface area contributed by atoms with E-state index in [0.29, 0.717) is 18.7 Å². The first-order valence-corrected chi connectivity index (χ1v) is 6.69. The summed E-state index contributed by atoms with van der Waals surface area (Å²) in [5.41, 5.74) is 2.34. The fourth-order valence-electron chi connectivity index (χ4n) is 2.15. The highest BCUT2D eigenvalue weighted by Gasteiger charge is 2.11. The molecule has 4 heteroatoms. The first kappa shape index (κ1) is 15.2. The van der Waals surface area contributed by atoms with Gasteiger partial charge in [-0.25, -0.2) is 4.39 Å². The number of nitriles is 1. The minimum atomic E-state index is -0.622. The maximum Gasteiger partial charge on any atom is 0.123 e. The van der Waals surface area contributed by atoms with Crippen molar-refractivity contribution in [2.75, 3.05) is 13.6 Å². The van der Waals surface area contributed by atoms with E-state index in [1.807, 2.05) is 18.0 Å². The Morgan fingerprint density at radius 1 is 1.14 bits per heavy atom. The van der Waals surface area contributed by atoms with Gasteiger partial charge in [-0.15, -0.1) is 0 Å². The van der Waals surface area contributed by atoms with E-state index in [4.69, 9.17) is 5.26 Å². The number of rotatable bonds is 5. The smallest absolute Gasteiger partial charge is 0.123 e. The van der Waals surface area contributed by atoms with Crippen LogP contribution in [-0.4, -0.2) is 23.6 Å². The fourth-order valence-corrected chi connectivity index (χ4v) is 2.15. The molecule has 2 aromatic rings. The van der Waals surface area contributed by atoms with E-state index in [2.05, 4.69) is 0 Å². The molecular formula is C17H17FN2O. The van der Waals surface area contributed by atoms with Crippen molar-refractivity contribution in [1.29, 1.82) is 5.26 Å². The molecule has 0 aliphatic heterocycles. The Hall–Kier alpha value is -2.22. The van der Waals surface area contributed by atoms with E-state index >= 15 is 0 Å². The van der Waals surface area contributed by atoms with Gasteiger partial charge >= 0.3 is 0 Å². The topological polar surface area (TPSA) is 47.3 Å². The predicted octanol–water partition coefficient (Wildman–Crippen LogP) is 2.86. The highest BCUT2D eigenvalue weighted by molar-refractivity contribution is 5.32. The molecule has 0 radical (unpaired) electrons. The first-order valence-electron chi connectivity index (χ1n) is 6.69. The Balaban J connectivity index is 1.93. The Labute approximate surface area is 123 Å². The van der Waals surface area contributed by atoms with Crippen molar-refractivity contribution < 1.29 is 9.50 Å². The van der Waals surface area contributed by atoms with Crippen molar-refractivity contribution in [3.63, 3.8) is 0 Å². The number of hydrogen-bond donors (Lipinski definition) is 1. The summed E-state index contributed by atoms with van der Waals surface area (Å²) in [7, 11) is 1.90. The standard InChI is InChI=1S/C17H17FN2O/c1-20(11-14-4-8-16(18)9-5-14)12-17(21)15-6-2-13(10-19)3-7-15/h2-9,17,21H,11-12H2,1H3. The molecule has 0 aromatic heterocycles. The molecule has 108 valence electrons. The number of aliphatic hydroxyl groups excluding tert-OH is 1. The van der Waals surface area contributed by atoms with Crippen LogP contribution >= 0.6 is 0 Å². The quantitative estimate of drug-likeness (QED) is 0.918. The minimum Gasteiger partial charge on any atom is -0.387 e. The van der Waals surface area contributed by atoms with Crippen LogP contribution < -0.4 is 0 Å². The molecule has 21 heavy (non-hydrogen) atoms. The molecule has 0 saturated heterocycles. The van der Waals surface area contributed by atoms with Gasteiger partial charge in [0.1, 0.15) is 5.82 Å². The number of nitrogens with zero attached hydrogens (tertiary/aromatic N) is 2. The lowest BCUT2D eigenvalue weighted by Crippen LogP contribution is -2.24. The van der Waals surface area contributed by atoms with Crippen molar-refractivity contribution in [3.05, 3.63) is 71.0 Å². The number of benzene rings is 2. The zero-order chi connectivity index (χ0) is 15.2. The van der Waals surface area contributed by atoms with Gasteiger partial charge in [0.25, 0.3) is 0 Å². The van der Waals surface area contributed by atoms with Crippen molar-refractivity contribution in [3.8, 4) is 6.07 Å². The van der Waals surface area contributed by atoms with E-state index < -0.39 is 6.10 Å². The third-order valence-corrected chi connectivity index (χ3v) is 3.27.